The topological polar surface area (TPSA) is 18.5 Å². The second kappa shape index (κ2) is 3.75. The summed E-state index contributed by atoms with van der Waals surface area (Å²) in [5.41, 5.74) is 0. The van der Waals surface area contributed by atoms with E-state index < -0.39 is 0 Å². The van der Waals surface area contributed by atoms with E-state index in [0.717, 1.165) is 6.42 Å². The summed E-state index contributed by atoms with van der Waals surface area (Å²) in [6.07, 6.45) is 7.40. The van der Waals surface area contributed by atoms with Gasteiger partial charge in [-0.3, -0.25) is 0 Å². The zero-order chi connectivity index (χ0) is 8.39. The van der Waals surface area contributed by atoms with Crippen LogP contribution in [0.25, 0.3) is 0 Å². The van der Waals surface area contributed by atoms with Crippen molar-refractivity contribution in [2.45, 2.75) is 51.2 Å². The largest absolute Gasteiger partial charge is 0.352 e. The first-order chi connectivity index (χ1) is 5.92. The van der Waals surface area contributed by atoms with E-state index in [1.165, 1.54) is 25.7 Å². The average Bonchev–Trinajstić information content (AvgIpc) is 2.17. The van der Waals surface area contributed by atoms with Gasteiger partial charge in [0, 0.05) is 5.92 Å². The third-order valence-corrected chi connectivity index (χ3v) is 3.20. The lowest BCUT2D eigenvalue weighted by Gasteiger charge is -2.40. The van der Waals surface area contributed by atoms with Gasteiger partial charge in [-0.05, 0) is 19.3 Å². The van der Waals surface area contributed by atoms with Gasteiger partial charge in [-0.15, -0.1) is 0 Å². The SMILES string of the molecule is CCC1OCOC2CCCCC12. The summed E-state index contributed by atoms with van der Waals surface area (Å²) >= 11 is 0. The van der Waals surface area contributed by atoms with E-state index in [9.17, 15) is 0 Å². The number of rotatable bonds is 1. The fourth-order valence-corrected chi connectivity index (χ4v) is 2.52. The maximum atomic E-state index is 5.59. The third kappa shape index (κ3) is 1.50. The van der Waals surface area contributed by atoms with Crippen LogP contribution in [0, 0.1) is 5.92 Å². The Morgan fingerprint density at radius 1 is 1.17 bits per heavy atom. The van der Waals surface area contributed by atoms with Gasteiger partial charge in [0.25, 0.3) is 0 Å². The van der Waals surface area contributed by atoms with Crippen molar-refractivity contribution in [3.63, 3.8) is 0 Å². The second-order valence-corrected chi connectivity index (χ2v) is 3.88. The highest BCUT2D eigenvalue weighted by molar-refractivity contribution is 4.83. The molecule has 1 saturated carbocycles. The van der Waals surface area contributed by atoms with Gasteiger partial charge in [-0.25, -0.2) is 0 Å². The molecular weight excluding hydrogens is 152 g/mol. The maximum absolute atomic E-state index is 5.59. The van der Waals surface area contributed by atoms with Crippen LogP contribution in [0.1, 0.15) is 39.0 Å². The summed E-state index contributed by atoms with van der Waals surface area (Å²) in [4.78, 5) is 0. The van der Waals surface area contributed by atoms with Crippen molar-refractivity contribution in [1.82, 2.24) is 0 Å². The Morgan fingerprint density at radius 2 is 2.00 bits per heavy atom. The Balaban J connectivity index is 1.99. The van der Waals surface area contributed by atoms with Crippen molar-refractivity contribution < 1.29 is 9.47 Å². The molecule has 1 saturated heterocycles. The van der Waals surface area contributed by atoms with Crippen LogP contribution >= 0.6 is 0 Å². The van der Waals surface area contributed by atoms with E-state index in [-0.39, 0.29) is 0 Å². The molecule has 1 aliphatic heterocycles. The molecule has 0 aromatic carbocycles. The van der Waals surface area contributed by atoms with E-state index in [0.29, 0.717) is 24.9 Å². The Morgan fingerprint density at radius 3 is 2.83 bits per heavy atom. The van der Waals surface area contributed by atoms with Crippen LogP contribution in [-0.2, 0) is 9.47 Å². The summed E-state index contributed by atoms with van der Waals surface area (Å²) in [6, 6.07) is 0. The van der Waals surface area contributed by atoms with Gasteiger partial charge in [-0.2, -0.15) is 0 Å². The molecule has 1 aliphatic carbocycles. The molecule has 0 aromatic heterocycles. The van der Waals surface area contributed by atoms with Crippen molar-refractivity contribution in [3.8, 4) is 0 Å². The molecule has 0 aromatic rings. The first kappa shape index (κ1) is 8.52. The number of hydrogen-bond acceptors (Lipinski definition) is 2. The lowest BCUT2D eigenvalue weighted by atomic mass is 9.81. The lowest BCUT2D eigenvalue weighted by Crippen LogP contribution is -2.43. The van der Waals surface area contributed by atoms with Gasteiger partial charge in [0.15, 0.2) is 0 Å². The van der Waals surface area contributed by atoms with Crippen molar-refractivity contribution in [1.29, 1.82) is 0 Å². The molecule has 3 atom stereocenters. The first-order valence-corrected chi connectivity index (χ1v) is 5.15. The van der Waals surface area contributed by atoms with E-state index in [4.69, 9.17) is 9.47 Å². The van der Waals surface area contributed by atoms with E-state index in [2.05, 4.69) is 6.92 Å². The molecule has 2 rings (SSSR count). The maximum Gasteiger partial charge on any atom is 0.147 e. The summed E-state index contributed by atoms with van der Waals surface area (Å²) < 4.78 is 11.2. The minimum atomic E-state index is 0.476. The van der Waals surface area contributed by atoms with Crippen molar-refractivity contribution in [2.24, 2.45) is 5.92 Å². The van der Waals surface area contributed by atoms with Gasteiger partial charge in [0.05, 0.1) is 12.2 Å². The van der Waals surface area contributed by atoms with E-state index in [1.54, 1.807) is 0 Å². The summed E-state index contributed by atoms with van der Waals surface area (Å²) in [5, 5.41) is 0. The lowest BCUT2D eigenvalue weighted by molar-refractivity contribution is -0.217. The smallest absolute Gasteiger partial charge is 0.147 e. The molecule has 0 spiro atoms. The van der Waals surface area contributed by atoms with Gasteiger partial charge in [-0.1, -0.05) is 19.8 Å². The van der Waals surface area contributed by atoms with Crippen LogP contribution in [0.4, 0.5) is 0 Å². The standard InChI is InChI=1S/C10H18O2/c1-2-9-8-5-3-4-6-10(8)12-7-11-9/h8-10H,2-7H2,1H3. The third-order valence-electron chi connectivity index (χ3n) is 3.20. The average molecular weight is 170 g/mol. The van der Waals surface area contributed by atoms with Crippen LogP contribution in [0.15, 0.2) is 0 Å². The van der Waals surface area contributed by atoms with Crippen LogP contribution in [0.3, 0.4) is 0 Å². The highest BCUT2D eigenvalue weighted by Crippen LogP contribution is 2.34. The van der Waals surface area contributed by atoms with E-state index in [1.807, 2.05) is 0 Å². The minimum absolute atomic E-state index is 0.476. The normalized spacial score (nSPS) is 42.2. The van der Waals surface area contributed by atoms with Crippen LogP contribution in [0.5, 0.6) is 0 Å². The Hall–Kier alpha value is -0.0800. The van der Waals surface area contributed by atoms with Gasteiger partial charge < -0.3 is 9.47 Å². The molecule has 70 valence electrons. The molecule has 0 radical (unpaired) electrons. The zero-order valence-electron chi connectivity index (χ0n) is 7.79. The monoisotopic (exact) mass is 170 g/mol. The molecule has 2 aliphatic rings. The van der Waals surface area contributed by atoms with Crippen LogP contribution < -0.4 is 0 Å². The molecule has 0 amide bonds. The van der Waals surface area contributed by atoms with E-state index >= 15 is 0 Å². The molecule has 1 heterocycles. The molecule has 0 N–H and O–H groups in total. The number of hydrogen-bond donors (Lipinski definition) is 0. The Kier molecular flexibility index (Phi) is 2.66. The fraction of sp³-hybridized carbons (Fsp3) is 1.00. The molecule has 2 fully saturated rings. The van der Waals surface area contributed by atoms with Crippen molar-refractivity contribution >= 4 is 0 Å². The number of fused-ring (bicyclic) bond motifs is 1. The summed E-state index contributed by atoms with van der Waals surface area (Å²) in [6.45, 7) is 2.74. The predicted molar refractivity (Wildman–Crippen MR) is 46.9 cm³/mol. The van der Waals surface area contributed by atoms with Crippen molar-refractivity contribution in [3.05, 3.63) is 0 Å². The zero-order valence-corrected chi connectivity index (χ0v) is 7.79. The number of ether oxygens (including phenoxy) is 2. The first-order valence-electron chi connectivity index (χ1n) is 5.15. The van der Waals surface area contributed by atoms with Gasteiger partial charge in [0.2, 0.25) is 0 Å². The van der Waals surface area contributed by atoms with Crippen molar-refractivity contribution in [2.75, 3.05) is 6.79 Å². The molecule has 0 bridgehead atoms. The highest BCUT2D eigenvalue weighted by atomic mass is 16.7. The van der Waals surface area contributed by atoms with Gasteiger partial charge >= 0.3 is 0 Å². The molecule has 2 heteroatoms. The summed E-state index contributed by atoms with van der Waals surface area (Å²) in [5.74, 6) is 0.692. The minimum Gasteiger partial charge on any atom is -0.352 e. The molecule has 3 unspecified atom stereocenters. The second-order valence-electron chi connectivity index (χ2n) is 3.88. The molecular formula is C10H18O2. The van der Waals surface area contributed by atoms with Gasteiger partial charge in [0.1, 0.15) is 6.79 Å². The fourth-order valence-electron chi connectivity index (χ4n) is 2.52. The molecule has 12 heavy (non-hydrogen) atoms. The summed E-state index contributed by atoms with van der Waals surface area (Å²) in [7, 11) is 0. The Labute approximate surface area is 74.2 Å². The predicted octanol–water partition coefficient (Wildman–Crippen LogP) is 2.33. The Bertz CT molecular complexity index is 138. The van der Waals surface area contributed by atoms with Crippen LogP contribution in [0.2, 0.25) is 0 Å². The molecule has 2 nitrogen and oxygen atoms in total. The highest BCUT2D eigenvalue weighted by Gasteiger charge is 2.35. The van der Waals surface area contributed by atoms with Crippen LogP contribution in [-0.4, -0.2) is 19.0 Å². The quantitative estimate of drug-likeness (QED) is 0.601.